The lowest BCUT2D eigenvalue weighted by Crippen LogP contribution is -2.10. The molecule has 8 heteroatoms. The molecule has 0 aliphatic carbocycles. The number of fused-ring (bicyclic) bond motifs is 2. The molecule has 8 nitrogen and oxygen atoms in total. The Morgan fingerprint density at radius 1 is 0.529 bits per heavy atom. The van der Waals surface area contributed by atoms with Crippen LogP contribution in [0.3, 0.4) is 0 Å². The summed E-state index contributed by atoms with van der Waals surface area (Å²) in [5, 5.41) is 1.88. The van der Waals surface area contributed by atoms with E-state index in [-0.39, 0.29) is 11.1 Å². The van der Waals surface area contributed by atoms with Crippen molar-refractivity contribution in [2.24, 2.45) is 0 Å². The van der Waals surface area contributed by atoms with Crippen LogP contribution in [0.2, 0.25) is 0 Å². The summed E-state index contributed by atoms with van der Waals surface area (Å²) in [6.45, 7) is 8.98. The fraction of sp³-hybridized carbons (Fsp3) is 0.385. The summed E-state index contributed by atoms with van der Waals surface area (Å²) in [6.07, 6.45) is 0. The SMILES string of the molecule is CCOc1cc2c(C(=O)OC)c3cc(OCC)c(OCC)cc3c(C(=O)OC)c2cc1OCC. The maximum Gasteiger partial charge on any atom is 0.339 e. The van der Waals surface area contributed by atoms with Gasteiger partial charge in [0.1, 0.15) is 0 Å². The van der Waals surface area contributed by atoms with E-state index >= 15 is 0 Å². The summed E-state index contributed by atoms with van der Waals surface area (Å²) in [5.74, 6) is 0.678. The lowest BCUT2D eigenvalue weighted by molar-refractivity contribution is 0.0593. The molecule has 182 valence electrons. The molecule has 0 aromatic heterocycles. The molecule has 0 bridgehead atoms. The average molecular weight is 471 g/mol. The molecule has 0 saturated heterocycles. The van der Waals surface area contributed by atoms with Crippen molar-refractivity contribution in [2.75, 3.05) is 40.6 Å². The Labute approximate surface area is 198 Å². The van der Waals surface area contributed by atoms with Gasteiger partial charge < -0.3 is 28.4 Å². The van der Waals surface area contributed by atoms with Crippen LogP contribution in [0.5, 0.6) is 23.0 Å². The van der Waals surface area contributed by atoms with E-state index < -0.39 is 11.9 Å². The Morgan fingerprint density at radius 3 is 0.941 bits per heavy atom. The fourth-order valence-corrected chi connectivity index (χ4v) is 3.95. The lowest BCUT2D eigenvalue weighted by atomic mass is 9.90. The van der Waals surface area contributed by atoms with Crippen LogP contribution >= 0.6 is 0 Å². The van der Waals surface area contributed by atoms with Crippen molar-refractivity contribution in [3.63, 3.8) is 0 Å². The molecular formula is C26H30O8. The van der Waals surface area contributed by atoms with Crippen molar-refractivity contribution >= 4 is 33.5 Å². The van der Waals surface area contributed by atoms with Gasteiger partial charge in [-0.15, -0.1) is 0 Å². The fourth-order valence-electron chi connectivity index (χ4n) is 3.95. The molecule has 0 amide bonds. The minimum atomic E-state index is -0.565. The van der Waals surface area contributed by atoms with E-state index in [2.05, 4.69) is 0 Å². The number of carbonyl (C=O) groups excluding carboxylic acids is 2. The highest BCUT2D eigenvalue weighted by atomic mass is 16.5. The molecule has 0 radical (unpaired) electrons. The lowest BCUT2D eigenvalue weighted by Gasteiger charge is -2.20. The Kier molecular flexibility index (Phi) is 8.04. The second kappa shape index (κ2) is 11.0. The third kappa shape index (κ3) is 4.53. The molecule has 0 heterocycles. The monoisotopic (exact) mass is 470 g/mol. The van der Waals surface area contributed by atoms with Crippen LogP contribution in [-0.4, -0.2) is 52.6 Å². The van der Waals surface area contributed by atoms with Crippen LogP contribution < -0.4 is 18.9 Å². The number of methoxy groups -OCH3 is 2. The first-order valence-corrected chi connectivity index (χ1v) is 11.2. The van der Waals surface area contributed by atoms with Crippen molar-refractivity contribution in [1.29, 1.82) is 0 Å². The average Bonchev–Trinajstić information content (AvgIpc) is 2.83. The van der Waals surface area contributed by atoms with Gasteiger partial charge in [-0.1, -0.05) is 0 Å². The number of esters is 2. The quantitative estimate of drug-likeness (QED) is 0.296. The topological polar surface area (TPSA) is 89.5 Å². The van der Waals surface area contributed by atoms with Crippen LogP contribution in [0, 0.1) is 0 Å². The number of rotatable bonds is 10. The van der Waals surface area contributed by atoms with Gasteiger partial charge in [0.2, 0.25) is 0 Å². The molecule has 0 unspecified atom stereocenters. The first kappa shape index (κ1) is 25.0. The number of hydrogen-bond acceptors (Lipinski definition) is 8. The molecule has 0 spiro atoms. The summed E-state index contributed by atoms with van der Waals surface area (Å²) in [6, 6.07) is 6.77. The predicted molar refractivity (Wildman–Crippen MR) is 129 cm³/mol. The maximum atomic E-state index is 13.1. The van der Waals surface area contributed by atoms with Gasteiger partial charge in [-0.05, 0) is 52.0 Å². The van der Waals surface area contributed by atoms with Gasteiger partial charge in [-0.25, -0.2) is 9.59 Å². The first-order valence-electron chi connectivity index (χ1n) is 11.2. The summed E-state index contributed by atoms with van der Waals surface area (Å²) < 4.78 is 33.4. The minimum Gasteiger partial charge on any atom is -0.490 e. The molecule has 0 atom stereocenters. The minimum absolute atomic E-state index is 0.271. The largest absolute Gasteiger partial charge is 0.490 e. The highest BCUT2D eigenvalue weighted by Gasteiger charge is 2.27. The molecular weight excluding hydrogens is 440 g/mol. The number of benzene rings is 3. The zero-order valence-electron chi connectivity index (χ0n) is 20.4. The van der Waals surface area contributed by atoms with Gasteiger partial charge in [-0.2, -0.15) is 0 Å². The van der Waals surface area contributed by atoms with Crippen molar-refractivity contribution in [2.45, 2.75) is 27.7 Å². The zero-order valence-corrected chi connectivity index (χ0v) is 20.4. The van der Waals surface area contributed by atoms with Crippen molar-refractivity contribution in [1.82, 2.24) is 0 Å². The van der Waals surface area contributed by atoms with E-state index in [9.17, 15) is 9.59 Å². The third-order valence-corrected chi connectivity index (χ3v) is 5.22. The molecule has 0 aliphatic rings. The Bertz CT molecular complexity index is 1040. The summed E-state index contributed by atoms with van der Waals surface area (Å²) in [7, 11) is 2.62. The molecule has 0 saturated carbocycles. The Balaban J connectivity index is 2.61. The van der Waals surface area contributed by atoms with E-state index in [0.29, 0.717) is 71.0 Å². The van der Waals surface area contributed by atoms with Gasteiger partial charge >= 0.3 is 11.9 Å². The molecule has 3 aromatic rings. The molecule has 3 aromatic carbocycles. The molecule has 0 aliphatic heterocycles. The van der Waals surface area contributed by atoms with Crippen LogP contribution in [0.25, 0.3) is 21.5 Å². The summed E-state index contributed by atoms with van der Waals surface area (Å²) in [5.41, 5.74) is 0.543. The van der Waals surface area contributed by atoms with Gasteiger partial charge in [-0.3, -0.25) is 0 Å². The Morgan fingerprint density at radius 2 is 0.765 bits per heavy atom. The smallest absolute Gasteiger partial charge is 0.339 e. The second-order valence-corrected chi connectivity index (χ2v) is 7.15. The van der Waals surface area contributed by atoms with Crippen LogP contribution in [0.1, 0.15) is 48.4 Å². The van der Waals surface area contributed by atoms with E-state index in [0.717, 1.165) is 0 Å². The van der Waals surface area contributed by atoms with E-state index in [1.807, 2.05) is 27.7 Å². The van der Waals surface area contributed by atoms with E-state index in [1.54, 1.807) is 24.3 Å². The first-order chi connectivity index (χ1) is 16.4. The molecule has 3 rings (SSSR count). The third-order valence-electron chi connectivity index (χ3n) is 5.22. The van der Waals surface area contributed by atoms with Crippen LogP contribution in [-0.2, 0) is 9.47 Å². The van der Waals surface area contributed by atoms with E-state index in [4.69, 9.17) is 28.4 Å². The van der Waals surface area contributed by atoms with Gasteiger partial charge in [0, 0.05) is 21.5 Å². The summed E-state index contributed by atoms with van der Waals surface area (Å²) >= 11 is 0. The van der Waals surface area contributed by atoms with Crippen LogP contribution in [0.4, 0.5) is 0 Å². The van der Waals surface area contributed by atoms with Gasteiger partial charge in [0.25, 0.3) is 0 Å². The highest BCUT2D eigenvalue weighted by molar-refractivity contribution is 6.25. The van der Waals surface area contributed by atoms with Crippen LogP contribution in [0.15, 0.2) is 24.3 Å². The molecule has 0 fully saturated rings. The number of ether oxygens (including phenoxy) is 6. The zero-order chi connectivity index (χ0) is 24.8. The Hall–Kier alpha value is -3.68. The normalized spacial score (nSPS) is 10.8. The van der Waals surface area contributed by atoms with E-state index in [1.165, 1.54) is 14.2 Å². The van der Waals surface area contributed by atoms with Gasteiger partial charge in [0.05, 0.1) is 51.8 Å². The van der Waals surface area contributed by atoms with Crippen molar-refractivity contribution in [3.05, 3.63) is 35.4 Å². The summed E-state index contributed by atoms with van der Waals surface area (Å²) in [4.78, 5) is 26.1. The molecule has 34 heavy (non-hydrogen) atoms. The van der Waals surface area contributed by atoms with Crippen molar-refractivity contribution < 1.29 is 38.0 Å². The second-order valence-electron chi connectivity index (χ2n) is 7.15. The highest BCUT2D eigenvalue weighted by Crippen LogP contribution is 2.43. The predicted octanol–water partition coefficient (Wildman–Crippen LogP) is 5.16. The number of hydrogen-bond donors (Lipinski definition) is 0. The maximum absolute atomic E-state index is 13.1. The standard InChI is InChI=1S/C26H30O8/c1-7-31-19-11-15-16(12-20(19)32-8-2)24(26(28)30-6)18-14-22(34-10-4)21(33-9-3)13-17(18)23(15)25(27)29-5/h11-14H,7-10H2,1-6H3. The molecule has 0 N–H and O–H groups in total. The van der Waals surface area contributed by atoms with Gasteiger partial charge in [0.15, 0.2) is 23.0 Å². The number of carbonyl (C=O) groups is 2. The van der Waals surface area contributed by atoms with Crippen molar-refractivity contribution in [3.8, 4) is 23.0 Å².